The van der Waals surface area contributed by atoms with Crippen molar-refractivity contribution in [3.8, 4) is 0 Å². The minimum atomic E-state index is -1.01. The molecule has 4 N–H and O–H groups in total. The third kappa shape index (κ3) is 39.1. The summed E-state index contributed by atoms with van der Waals surface area (Å²) < 4.78 is 6.03. The van der Waals surface area contributed by atoms with Crippen LogP contribution in [0.3, 0.4) is 0 Å². The highest BCUT2D eigenvalue weighted by atomic mass is 16.5. The molecule has 0 saturated heterocycles. The van der Waals surface area contributed by atoms with E-state index in [0.717, 1.165) is 96.3 Å². The Morgan fingerprint density at radius 1 is 0.545 bits per heavy atom. The van der Waals surface area contributed by atoms with E-state index < -0.39 is 12.0 Å². The van der Waals surface area contributed by atoms with Crippen LogP contribution in [0.5, 0.6) is 0 Å². The molecule has 2 atom stereocenters. The fourth-order valence-electron chi connectivity index (χ4n) is 6.49. The van der Waals surface area contributed by atoms with Gasteiger partial charge in [0.15, 0.2) is 0 Å². The first-order valence-electron chi connectivity index (χ1n) is 22.6. The quantitative estimate of drug-likeness (QED) is 0.0324. The number of rotatable bonds is 40. The maximum atomic E-state index is 12.8. The summed E-state index contributed by atoms with van der Waals surface area (Å²) in [4.78, 5) is 36.4. The molecule has 55 heavy (non-hydrogen) atoms. The number of carboxylic acid groups (broad SMARTS) is 1. The lowest BCUT2D eigenvalue weighted by molar-refractivity contribution is -0.150. The number of nitrogens with two attached hydrogens (primary N) is 1. The second-order valence-electron chi connectivity index (χ2n) is 15.1. The van der Waals surface area contributed by atoms with Crippen molar-refractivity contribution < 1.29 is 24.2 Å². The van der Waals surface area contributed by atoms with Crippen molar-refractivity contribution >= 4 is 17.8 Å². The van der Waals surface area contributed by atoms with E-state index >= 15 is 0 Å². The lowest BCUT2D eigenvalue weighted by atomic mass is 10.0. The monoisotopic (exact) mass is 769 g/mol. The molecule has 0 heterocycles. The molecule has 0 bridgehead atoms. The van der Waals surface area contributed by atoms with E-state index in [9.17, 15) is 19.5 Å². The largest absolute Gasteiger partial charge is 0.480 e. The zero-order valence-electron chi connectivity index (χ0n) is 35.5. The Hall–Kier alpha value is -2.93. The molecule has 0 aliphatic carbocycles. The molecule has 0 aliphatic heterocycles. The number of allylic oxidation sites excluding steroid dienone is 10. The average Bonchev–Trinajstić information content (AvgIpc) is 3.17. The molecule has 2 unspecified atom stereocenters. The average molecular weight is 769 g/mol. The van der Waals surface area contributed by atoms with Gasteiger partial charge in [-0.2, -0.15) is 0 Å². The van der Waals surface area contributed by atoms with E-state index in [1.807, 2.05) is 0 Å². The van der Waals surface area contributed by atoms with Crippen LogP contribution in [0, 0.1) is 0 Å². The summed E-state index contributed by atoms with van der Waals surface area (Å²) in [7, 11) is 0. The predicted octanol–water partition coefficient (Wildman–Crippen LogP) is 13.0. The molecule has 0 aliphatic rings. The first-order valence-corrected chi connectivity index (χ1v) is 22.6. The highest BCUT2D eigenvalue weighted by Gasteiger charge is 2.19. The van der Waals surface area contributed by atoms with Crippen LogP contribution in [0.25, 0.3) is 0 Å². The van der Waals surface area contributed by atoms with Gasteiger partial charge < -0.3 is 20.9 Å². The van der Waals surface area contributed by atoms with Crippen LogP contribution in [-0.4, -0.2) is 41.6 Å². The van der Waals surface area contributed by atoms with Gasteiger partial charge in [0, 0.05) is 12.8 Å². The van der Waals surface area contributed by atoms with Gasteiger partial charge in [-0.3, -0.25) is 9.59 Å². The smallest absolute Gasteiger partial charge is 0.326 e. The fraction of sp³-hybridized carbons (Fsp3) is 0.729. The lowest BCUT2D eigenvalue weighted by Crippen LogP contribution is -2.40. The number of nitrogens with one attached hydrogen (secondary N) is 1. The van der Waals surface area contributed by atoms with Crippen molar-refractivity contribution in [2.75, 3.05) is 6.54 Å². The van der Waals surface area contributed by atoms with E-state index in [1.165, 1.54) is 70.6 Å². The van der Waals surface area contributed by atoms with Crippen LogP contribution in [0.4, 0.5) is 0 Å². The number of ether oxygens (including phenoxy) is 1. The Kier molecular flexibility index (Phi) is 40.0. The Morgan fingerprint density at radius 3 is 1.47 bits per heavy atom. The molecule has 0 saturated carbocycles. The van der Waals surface area contributed by atoms with Gasteiger partial charge in [0.25, 0.3) is 0 Å². The normalized spacial score (nSPS) is 13.2. The molecule has 0 aromatic carbocycles. The molecular weight excluding hydrogens is 685 g/mol. The Morgan fingerprint density at radius 2 is 1.00 bits per heavy atom. The molecule has 0 fully saturated rings. The van der Waals surface area contributed by atoms with Gasteiger partial charge in [-0.05, 0) is 96.4 Å². The number of carbonyl (C=O) groups excluding carboxylic acids is 2. The van der Waals surface area contributed by atoms with Crippen molar-refractivity contribution in [3.05, 3.63) is 60.8 Å². The molecule has 0 radical (unpaired) electrons. The van der Waals surface area contributed by atoms with Crippen LogP contribution in [0.1, 0.15) is 206 Å². The molecule has 0 spiro atoms. The second-order valence-corrected chi connectivity index (χ2v) is 15.1. The highest BCUT2D eigenvalue weighted by molar-refractivity contribution is 5.83. The standard InChI is InChI=1S/C48H84N2O5/c1-3-5-7-9-11-13-15-17-18-19-20-21-23-25-27-32-36-42-47(52)55-44(38-33-29-26-24-22-16-14-12-10-8-6-4-2)39-34-30-28-31-35-41-46(51)50-45(48(53)54)40-37-43-49/h5,7,11,13,17-18,20-21,25,27,44-45H,3-4,6,8-10,12,14-16,19,22-24,26,28-43,49H2,1-2H3,(H,50,51)(H,53,54)/b7-5-,13-11-,18-17-,21-20-,27-25-. The van der Waals surface area contributed by atoms with Crippen LogP contribution in [-0.2, 0) is 19.1 Å². The van der Waals surface area contributed by atoms with E-state index in [0.29, 0.717) is 32.2 Å². The van der Waals surface area contributed by atoms with Crippen molar-refractivity contribution in [2.45, 2.75) is 219 Å². The molecular formula is C48H84N2O5. The number of unbranched alkanes of at least 4 members (excludes halogenated alkanes) is 16. The maximum Gasteiger partial charge on any atom is 0.326 e. The number of aliphatic carboxylic acids is 1. The molecule has 0 aromatic heterocycles. The molecule has 0 rings (SSSR count). The minimum Gasteiger partial charge on any atom is -0.480 e. The summed E-state index contributed by atoms with van der Waals surface area (Å²) in [5, 5.41) is 11.9. The number of carboxylic acids is 1. The van der Waals surface area contributed by atoms with E-state index in [4.69, 9.17) is 10.5 Å². The topological polar surface area (TPSA) is 119 Å². The van der Waals surface area contributed by atoms with E-state index in [2.05, 4.69) is 79.9 Å². The summed E-state index contributed by atoms with van der Waals surface area (Å²) in [6, 6.07) is -0.862. The zero-order valence-corrected chi connectivity index (χ0v) is 35.5. The molecule has 316 valence electrons. The van der Waals surface area contributed by atoms with Crippen molar-refractivity contribution in [2.24, 2.45) is 5.73 Å². The van der Waals surface area contributed by atoms with Crippen molar-refractivity contribution in [3.63, 3.8) is 0 Å². The van der Waals surface area contributed by atoms with Crippen LogP contribution >= 0.6 is 0 Å². The van der Waals surface area contributed by atoms with Gasteiger partial charge >= 0.3 is 11.9 Å². The number of hydrogen-bond acceptors (Lipinski definition) is 5. The third-order valence-corrected chi connectivity index (χ3v) is 9.85. The minimum absolute atomic E-state index is 0.0171. The second kappa shape index (κ2) is 42.2. The summed E-state index contributed by atoms with van der Waals surface area (Å²) >= 11 is 0. The van der Waals surface area contributed by atoms with Gasteiger partial charge in [0.1, 0.15) is 12.1 Å². The number of hydrogen-bond donors (Lipinski definition) is 3. The summed E-state index contributed by atoms with van der Waals surface area (Å²) in [6.45, 7) is 4.83. The van der Waals surface area contributed by atoms with Gasteiger partial charge in [-0.1, -0.05) is 164 Å². The molecule has 7 nitrogen and oxygen atoms in total. The number of amides is 1. The van der Waals surface area contributed by atoms with E-state index in [-0.39, 0.29) is 18.0 Å². The number of esters is 1. The third-order valence-electron chi connectivity index (χ3n) is 9.85. The Balaban J connectivity index is 4.42. The first-order chi connectivity index (χ1) is 26.9. The Labute approximate surface area is 338 Å². The van der Waals surface area contributed by atoms with Crippen molar-refractivity contribution in [1.29, 1.82) is 0 Å². The first kappa shape index (κ1) is 52.1. The fourth-order valence-corrected chi connectivity index (χ4v) is 6.49. The van der Waals surface area contributed by atoms with Crippen LogP contribution in [0.15, 0.2) is 60.8 Å². The maximum absolute atomic E-state index is 12.8. The molecule has 1 amide bonds. The highest BCUT2D eigenvalue weighted by Crippen LogP contribution is 2.19. The predicted molar refractivity (Wildman–Crippen MR) is 234 cm³/mol. The molecule has 0 aromatic rings. The van der Waals surface area contributed by atoms with Gasteiger partial charge in [-0.15, -0.1) is 0 Å². The summed E-state index contributed by atoms with van der Waals surface area (Å²) in [5.41, 5.74) is 5.49. The van der Waals surface area contributed by atoms with Gasteiger partial charge in [0.2, 0.25) is 5.91 Å². The van der Waals surface area contributed by atoms with Crippen LogP contribution < -0.4 is 11.1 Å². The lowest BCUT2D eigenvalue weighted by Gasteiger charge is -2.18. The summed E-state index contributed by atoms with van der Waals surface area (Å²) in [5.74, 6) is -1.29. The van der Waals surface area contributed by atoms with E-state index in [1.54, 1.807) is 0 Å². The van der Waals surface area contributed by atoms with Crippen LogP contribution in [0.2, 0.25) is 0 Å². The van der Waals surface area contributed by atoms with Gasteiger partial charge in [0.05, 0.1) is 0 Å². The number of carbonyl (C=O) groups is 3. The Bertz CT molecular complexity index is 1050. The zero-order chi connectivity index (χ0) is 40.3. The SMILES string of the molecule is CC/C=C\C/C=C\C/C=C\C/C=C\C/C=C\CCCC(=O)OC(CCCCCCCCCCCCCC)CCCCCCCC(=O)NC(CCCN)C(=O)O. The van der Waals surface area contributed by atoms with Gasteiger partial charge in [-0.25, -0.2) is 4.79 Å². The summed E-state index contributed by atoms with van der Waals surface area (Å²) in [6.07, 6.45) is 52.6. The molecule has 7 heteroatoms. The van der Waals surface area contributed by atoms with Crippen molar-refractivity contribution in [1.82, 2.24) is 5.32 Å².